The van der Waals surface area contributed by atoms with Crippen molar-refractivity contribution in [2.75, 3.05) is 13.6 Å². The van der Waals surface area contributed by atoms with Gasteiger partial charge in [0.05, 0.1) is 0 Å². The summed E-state index contributed by atoms with van der Waals surface area (Å²) < 4.78 is 0. The number of carbonyl (C=O) groups excluding carboxylic acids is 1. The second kappa shape index (κ2) is 7.78. The van der Waals surface area contributed by atoms with Crippen LogP contribution in [0.25, 0.3) is 0 Å². The molecule has 0 saturated heterocycles. The fourth-order valence-corrected chi connectivity index (χ4v) is 2.24. The van der Waals surface area contributed by atoms with E-state index in [0.29, 0.717) is 13.0 Å². The fraction of sp³-hybridized carbons (Fsp3) is 0.562. The molecule has 0 aliphatic carbocycles. The largest absolute Gasteiger partial charge is 0.351 e. The second-order valence-corrected chi connectivity index (χ2v) is 6.87. The van der Waals surface area contributed by atoms with Gasteiger partial charge in [-0.05, 0) is 45.5 Å². The molecule has 4 nitrogen and oxygen atoms in total. The summed E-state index contributed by atoms with van der Waals surface area (Å²) in [5.74, 6) is 0.0286. The molecule has 5 heteroatoms. The van der Waals surface area contributed by atoms with Crippen molar-refractivity contribution in [3.05, 3.63) is 34.9 Å². The van der Waals surface area contributed by atoms with Crippen LogP contribution in [0, 0.1) is 0 Å². The molecule has 0 aromatic heterocycles. The number of likely N-dealkylation sites (N-methyl/N-ethyl adjacent to an activating group) is 1. The number of amides is 1. The van der Waals surface area contributed by atoms with Crippen molar-refractivity contribution in [3.63, 3.8) is 0 Å². The van der Waals surface area contributed by atoms with Gasteiger partial charge in [0.1, 0.15) is 0 Å². The lowest BCUT2D eigenvalue weighted by molar-refractivity contribution is -0.123. The van der Waals surface area contributed by atoms with E-state index in [1.54, 1.807) is 0 Å². The van der Waals surface area contributed by atoms with Crippen LogP contribution in [0.3, 0.4) is 0 Å². The maximum Gasteiger partial charge on any atom is 0.222 e. The first-order valence-electron chi connectivity index (χ1n) is 7.17. The highest BCUT2D eigenvalue weighted by atomic mass is 35.5. The molecule has 0 bridgehead atoms. The van der Waals surface area contributed by atoms with Crippen molar-refractivity contribution in [2.45, 2.75) is 45.3 Å². The molecule has 21 heavy (non-hydrogen) atoms. The van der Waals surface area contributed by atoms with Gasteiger partial charge in [-0.1, -0.05) is 23.7 Å². The number of hydrogen-bond acceptors (Lipinski definition) is 3. The lowest BCUT2D eigenvalue weighted by Gasteiger charge is -2.28. The molecule has 0 aliphatic heterocycles. The Morgan fingerprint density at radius 1 is 1.33 bits per heavy atom. The van der Waals surface area contributed by atoms with Crippen LogP contribution in [0.1, 0.15) is 32.8 Å². The topological polar surface area (TPSA) is 58.4 Å². The Morgan fingerprint density at radius 2 is 1.90 bits per heavy atom. The minimum absolute atomic E-state index is 0.0167. The number of nitrogens with one attached hydrogen (secondary N) is 1. The van der Waals surface area contributed by atoms with Gasteiger partial charge in [0.25, 0.3) is 0 Å². The molecule has 0 spiro atoms. The third-order valence-corrected chi connectivity index (χ3v) is 3.43. The van der Waals surface area contributed by atoms with Gasteiger partial charge in [0.2, 0.25) is 5.91 Å². The molecule has 1 aromatic rings. The average molecular weight is 312 g/mol. The molecule has 1 amide bonds. The Kier molecular flexibility index (Phi) is 6.65. The summed E-state index contributed by atoms with van der Waals surface area (Å²) in [6.07, 6.45) is 0.401. The molecule has 1 unspecified atom stereocenters. The zero-order chi connectivity index (χ0) is 16.0. The van der Waals surface area contributed by atoms with Crippen molar-refractivity contribution < 1.29 is 4.79 Å². The Balaban J connectivity index is 2.58. The van der Waals surface area contributed by atoms with Gasteiger partial charge in [-0.2, -0.15) is 0 Å². The van der Waals surface area contributed by atoms with Crippen LogP contribution >= 0.6 is 11.6 Å². The highest BCUT2D eigenvalue weighted by Crippen LogP contribution is 2.13. The van der Waals surface area contributed by atoms with E-state index in [0.717, 1.165) is 17.1 Å². The van der Waals surface area contributed by atoms with E-state index in [1.807, 2.05) is 52.1 Å². The lowest BCUT2D eigenvalue weighted by Crippen LogP contribution is -2.46. The number of rotatable bonds is 6. The molecule has 0 aliphatic rings. The number of benzene rings is 1. The van der Waals surface area contributed by atoms with Crippen LogP contribution in [0.5, 0.6) is 0 Å². The Bertz CT molecular complexity index is 454. The van der Waals surface area contributed by atoms with Gasteiger partial charge >= 0.3 is 0 Å². The highest BCUT2D eigenvalue weighted by molar-refractivity contribution is 6.30. The molecule has 0 heterocycles. The van der Waals surface area contributed by atoms with Crippen molar-refractivity contribution in [2.24, 2.45) is 5.73 Å². The summed E-state index contributed by atoms with van der Waals surface area (Å²) in [7, 11) is 1.98. The summed E-state index contributed by atoms with van der Waals surface area (Å²) in [5, 5.41) is 3.69. The number of hydrogen-bond donors (Lipinski definition) is 2. The first-order valence-corrected chi connectivity index (χ1v) is 7.55. The molecule has 0 fully saturated rings. The maximum absolute atomic E-state index is 12.0. The Labute approximate surface area is 132 Å². The van der Waals surface area contributed by atoms with E-state index in [4.69, 9.17) is 17.3 Å². The van der Waals surface area contributed by atoms with Gasteiger partial charge in [-0.3, -0.25) is 9.69 Å². The summed E-state index contributed by atoms with van der Waals surface area (Å²) in [6.45, 7) is 7.10. The molecule has 1 rings (SSSR count). The summed E-state index contributed by atoms with van der Waals surface area (Å²) in [6, 6.07) is 7.73. The minimum atomic E-state index is -0.217. The molecule has 1 aromatic carbocycles. The van der Waals surface area contributed by atoms with Crippen LogP contribution in [0.4, 0.5) is 0 Å². The quantitative estimate of drug-likeness (QED) is 0.848. The Morgan fingerprint density at radius 3 is 2.38 bits per heavy atom. The lowest BCUT2D eigenvalue weighted by atomic mass is 10.1. The van der Waals surface area contributed by atoms with Crippen molar-refractivity contribution in [1.29, 1.82) is 0 Å². The van der Waals surface area contributed by atoms with Crippen molar-refractivity contribution in [3.8, 4) is 0 Å². The monoisotopic (exact) mass is 311 g/mol. The van der Waals surface area contributed by atoms with Crippen LogP contribution in [0.15, 0.2) is 24.3 Å². The van der Waals surface area contributed by atoms with E-state index in [-0.39, 0.29) is 17.5 Å². The predicted molar refractivity (Wildman–Crippen MR) is 88.3 cm³/mol. The molecule has 0 radical (unpaired) electrons. The van der Waals surface area contributed by atoms with Gasteiger partial charge < -0.3 is 11.1 Å². The summed E-state index contributed by atoms with van der Waals surface area (Å²) in [4.78, 5) is 14.1. The summed E-state index contributed by atoms with van der Waals surface area (Å²) in [5.41, 5.74) is 6.75. The number of carbonyl (C=O) groups is 1. The van der Waals surface area contributed by atoms with E-state index < -0.39 is 0 Å². The highest BCUT2D eigenvalue weighted by Gasteiger charge is 2.20. The van der Waals surface area contributed by atoms with Gasteiger partial charge in [-0.25, -0.2) is 0 Å². The fourth-order valence-electron chi connectivity index (χ4n) is 2.11. The Hall–Kier alpha value is -1.10. The standard InChI is InChI=1S/C16H26ClN3O/c1-16(2,3)19-15(21)9-14(10-18)20(4)11-12-5-7-13(17)8-6-12/h5-8,14H,9-11,18H2,1-4H3,(H,19,21). The molecule has 0 saturated carbocycles. The first-order chi connectivity index (χ1) is 9.71. The first kappa shape index (κ1) is 18.0. The molecular formula is C16H26ClN3O. The zero-order valence-electron chi connectivity index (χ0n) is 13.3. The SMILES string of the molecule is CN(Cc1ccc(Cl)cc1)C(CN)CC(=O)NC(C)(C)C. The van der Waals surface area contributed by atoms with E-state index in [2.05, 4.69) is 10.2 Å². The normalized spacial score (nSPS) is 13.3. The average Bonchev–Trinajstić information content (AvgIpc) is 2.36. The second-order valence-electron chi connectivity index (χ2n) is 6.43. The van der Waals surface area contributed by atoms with Crippen molar-refractivity contribution in [1.82, 2.24) is 10.2 Å². The van der Waals surface area contributed by atoms with Crippen LogP contribution in [-0.4, -0.2) is 36.0 Å². The zero-order valence-corrected chi connectivity index (χ0v) is 14.1. The smallest absolute Gasteiger partial charge is 0.222 e. The van der Waals surface area contributed by atoms with Crippen LogP contribution in [0.2, 0.25) is 5.02 Å². The predicted octanol–water partition coefficient (Wildman–Crippen LogP) is 2.40. The maximum atomic E-state index is 12.0. The third kappa shape index (κ3) is 6.93. The summed E-state index contributed by atoms with van der Waals surface area (Å²) >= 11 is 5.88. The number of halogens is 1. The van der Waals surface area contributed by atoms with E-state index in [1.165, 1.54) is 0 Å². The van der Waals surface area contributed by atoms with Crippen LogP contribution < -0.4 is 11.1 Å². The van der Waals surface area contributed by atoms with E-state index in [9.17, 15) is 4.79 Å². The molecular weight excluding hydrogens is 286 g/mol. The minimum Gasteiger partial charge on any atom is -0.351 e. The van der Waals surface area contributed by atoms with Gasteiger partial charge in [0, 0.05) is 36.1 Å². The van der Waals surface area contributed by atoms with Gasteiger partial charge in [0.15, 0.2) is 0 Å². The molecule has 1 atom stereocenters. The number of nitrogens with zero attached hydrogens (tertiary/aromatic N) is 1. The molecule has 3 N–H and O–H groups in total. The van der Waals surface area contributed by atoms with Crippen molar-refractivity contribution >= 4 is 17.5 Å². The van der Waals surface area contributed by atoms with Crippen LogP contribution in [-0.2, 0) is 11.3 Å². The third-order valence-electron chi connectivity index (χ3n) is 3.18. The van der Waals surface area contributed by atoms with Gasteiger partial charge in [-0.15, -0.1) is 0 Å². The number of nitrogens with two attached hydrogens (primary N) is 1. The molecule has 118 valence electrons. The van der Waals surface area contributed by atoms with E-state index >= 15 is 0 Å².